The number of nitrogens with zero attached hydrogens (tertiary/aromatic N) is 6. The van der Waals surface area contributed by atoms with E-state index in [9.17, 15) is 4.79 Å². The number of carbonyl (C=O) groups is 1. The molecule has 0 atom stereocenters. The van der Waals surface area contributed by atoms with E-state index in [1.165, 1.54) is 6.08 Å². The van der Waals surface area contributed by atoms with E-state index in [-0.39, 0.29) is 5.91 Å². The Balaban J connectivity index is 1.71. The maximum Gasteiger partial charge on any atom is 0.247 e. The first-order valence-electron chi connectivity index (χ1n) is 12.4. The second-order valence-electron chi connectivity index (χ2n) is 9.08. The van der Waals surface area contributed by atoms with Crippen LogP contribution in [0.15, 0.2) is 61.3 Å². The highest BCUT2D eigenvalue weighted by atomic mass is 16.5. The topological polar surface area (TPSA) is 100 Å². The number of anilines is 4. The summed E-state index contributed by atoms with van der Waals surface area (Å²) in [5, 5.41) is 12.1. The maximum absolute atomic E-state index is 12.2. The molecule has 4 rings (SSSR count). The fourth-order valence-corrected chi connectivity index (χ4v) is 4.12. The van der Waals surface area contributed by atoms with E-state index in [0.29, 0.717) is 28.9 Å². The molecule has 0 spiro atoms. The lowest BCUT2D eigenvalue weighted by Crippen LogP contribution is -2.29. The average Bonchev–Trinajstić information content (AvgIpc) is 3.31. The van der Waals surface area contributed by atoms with Crippen LogP contribution in [0, 0.1) is 0 Å². The first-order valence-corrected chi connectivity index (χ1v) is 12.4. The molecule has 0 saturated carbocycles. The monoisotopic (exact) mass is 514 g/mol. The Hall–Kier alpha value is -4.44. The van der Waals surface area contributed by atoms with Gasteiger partial charge in [-0.25, -0.2) is 9.67 Å². The van der Waals surface area contributed by atoms with Gasteiger partial charge in [0, 0.05) is 43.9 Å². The summed E-state index contributed by atoms with van der Waals surface area (Å²) in [7, 11) is 7.61. The van der Waals surface area contributed by atoms with Crippen LogP contribution in [-0.4, -0.2) is 71.9 Å². The van der Waals surface area contributed by atoms with Crippen LogP contribution in [0.4, 0.5) is 23.0 Å². The van der Waals surface area contributed by atoms with E-state index in [0.717, 1.165) is 41.8 Å². The molecule has 0 fully saturated rings. The molecule has 38 heavy (non-hydrogen) atoms. The lowest BCUT2D eigenvalue weighted by Gasteiger charge is -2.26. The number of aromatic nitrogens is 4. The van der Waals surface area contributed by atoms with E-state index in [1.807, 2.05) is 62.2 Å². The van der Waals surface area contributed by atoms with Crippen molar-refractivity contribution in [3.8, 4) is 11.6 Å². The van der Waals surface area contributed by atoms with Crippen LogP contribution in [0.5, 0.6) is 5.75 Å². The molecule has 2 heterocycles. The Bertz CT molecular complexity index is 1450. The largest absolute Gasteiger partial charge is 0.494 e. The van der Waals surface area contributed by atoms with Crippen molar-refractivity contribution in [3.63, 3.8) is 0 Å². The predicted molar refractivity (Wildman–Crippen MR) is 153 cm³/mol. The van der Waals surface area contributed by atoms with Gasteiger partial charge < -0.3 is 25.2 Å². The molecule has 1 amide bonds. The average molecular weight is 515 g/mol. The van der Waals surface area contributed by atoms with Crippen molar-refractivity contribution >= 4 is 39.8 Å². The third-order valence-corrected chi connectivity index (χ3v) is 6.16. The van der Waals surface area contributed by atoms with Crippen LogP contribution in [0.1, 0.15) is 12.6 Å². The minimum Gasteiger partial charge on any atom is -0.494 e. The van der Waals surface area contributed by atoms with Crippen molar-refractivity contribution in [2.24, 2.45) is 0 Å². The first-order chi connectivity index (χ1) is 18.3. The molecule has 0 aliphatic carbocycles. The van der Waals surface area contributed by atoms with E-state index in [4.69, 9.17) is 14.8 Å². The Labute approximate surface area is 222 Å². The molecule has 198 valence electrons. The minimum atomic E-state index is -0.307. The molecule has 10 heteroatoms. The highest BCUT2D eigenvalue weighted by Crippen LogP contribution is 2.38. The van der Waals surface area contributed by atoms with Crippen LogP contribution in [0.2, 0.25) is 0 Å². The van der Waals surface area contributed by atoms with Crippen LogP contribution in [-0.2, 0) is 11.2 Å². The summed E-state index contributed by atoms with van der Waals surface area (Å²) < 4.78 is 7.54. The third kappa shape index (κ3) is 5.76. The van der Waals surface area contributed by atoms with E-state index in [1.54, 1.807) is 13.3 Å². The number of amides is 1. The van der Waals surface area contributed by atoms with Crippen LogP contribution >= 0.6 is 0 Å². The zero-order valence-electron chi connectivity index (χ0n) is 22.5. The lowest BCUT2D eigenvalue weighted by molar-refractivity contribution is -0.111. The number of rotatable bonds is 11. The molecule has 0 bridgehead atoms. The Morgan fingerprint density at radius 3 is 2.63 bits per heavy atom. The Morgan fingerprint density at radius 1 is 1.13 bits per heavy atom. The van der Waals surface area contributed by atoms with Crippen molar-refractivity contribution in [2.75, 3.05) is 56.9 Å². The number of likely N-dealkylation sites (N-methyl/N-ethyl adjacent to an activating group) is 2. The van der Waals surface area contributed by atoms with Gasteiger partial charge in [-0.1, -0.05) is 31.7 Å². The summed E-state index contributed by atoms with van der Waals surface area (Å²) in [6.07, 6.45) is 3.74. The number of fused-ring (bicyclic) bond motifs is 1. The van der Waals surface area contributed by atoms with Gasteiger partial charge in [-0.2, -0.15) is 10.1 Å². The van der Waals surface area contributed by atoms with Crippen molar-refractivity contribution in [2.45, 2.75) is 13.3 Å². The van der Waals surface area contributed by atoms with Gasteiger partial charge in [0.2, 0.25) is 11.9 Å². The molecule has 0 unspecified atom stereocenters. The molecule has 0 aliphatic heterocycles. The molecule has 2 aromatic carbocycles. The zero-order chi connectivity index (χ0) is 27.2. The normalized spacial score (nSPS) is 11.0. The quantitative estimate of drug-likeness (QED) is 0.287. The second-order valence-corrected chi connectivity index (χ2v) is 9.08. The number of benzene rings is 2. The number of hydrogen-bond donors (Lipinski definition) is 2. The highest BCUT2D eigenvalue weighted by Gasteiger charge is 2.17. The SMILES string of the molecule is C=CC(=O)Nc1cc(Nc2nccc(-n3nc(CC)c4ccccc43)n2)c(OC)cc1N(C)CCN(C)C. The maximum atomic E-state index is 12.2. The van der Waals surface area contributed by atoms with Gasteiger partial charge in [-0.05, 0) is 38.7 Å². The van der Waals surface area contributed by atoms with Crippen molar-refractivity contribution in [1.82, 2.24) is 24.6 Å². The molecular weight excluding hydrogens is 480 g/mol. The standard InChI is InChI=1S/C28H34N8O2/c1-7-20-19-11-9-10-12-23(19)36(33-20)26-13-14-29-28(32-26)31-22-17-21(30-27(37)8-2)24(18-25(22)38-6)35(5)16-15-34(3)4/h8-14,17-18H,2,7,15-16H2,1,3-6H3,(H,30,37)(H,29,31,32). The summed E-state index contributed by atoms with van der Waals surface area (Å²) in [6.45, 7) is 7.26. The van der Waals surface area contributed by atoms with Gasteiger partial charge in [0.1, 0.15) is 5.75 Å². The number of para-hydroxylation sites is 1. The smallest absolute Gasteiger partial charge is 0.247 e. The van der Waals surface area contributed by atoms with Crippen molar-refractivity contribution in [3.05, 3.63) is 67.0 Å². The number of ether oxygens (including phenoxy) is 1. The fourth-order valence-electron chi connectivity index (χ4n) is 4.12. The zero-order valence-corrected chi connectivity index (χ0v) is 22.5. The number of hydrogen-bond acceptors (Lipinski definition) is 8. The Morgan fingerprint density at radius 2 is 1.92 bits per heavy atom. The van der Waals surface area contributed by atoms with Gasteiger partial charge in [0.25, 0.3) is 0 Å². The van der Waals surface area contributed by atoms with Gasteiger partial charge in [-0.15, -0.1) is 0 Å². The lowest BCUT2D eigenvalue weighted by atomic mass is 10.2. The first kappa shape index (κ1) is 26.6. The molecule has 0 aliphatic rings. The van der Waals surface area contributed by atoms with E-state index in [2.05, 4.69) is 45.0 Å². The third-order valence-electron chi connectivity index (χ3n) is 6.16. The molecule has 4 aromatic rings. The van der Waals surface area contributed by atoms with E-state index < -0.39 is 0 Å². The van der Waals surface area contributed by atoms with Gasteiger partial charge in [0.05, 0.1) is 35.4 Å². The predicted octanol–water partition coefficient (Wildman–Crippen LogP) is 4.25. The van der Waals surface area contributed by atoms with Crippen molar-refractivity contribution < 1.29 is 9.53 Å². The molecule has 2 aromatic heterocycles. The van der Waals surface area contributed by atoms with Crippen LogP contribution < -0.4 is 20.3 Å². The molecule has 0 saturated heterocycles. The number of nitrogens with one attached hydrogen (secondary N) is 2. The molecule has 10 nitrogen and oxygen atoms in total. The summed E-state index contributed by atoms with van der Waals surface area (Å²) in [5.74, 6) is 1.28. The second kappa shape index (κ2) is 11.7. The summed E-state index contributed by atoms with van der Waals surface area (Å²) in [4.78, 5) is 25.6. The fraction of sp³-hybridized carbons (Fsp3) is 0.286. The number of aryl methyl sites for hydroxylation is 1. The molecule has 0 radical (unpaired) electrons. The number of methoxy groups -OCH3 is 1. The van der Waals surface area contributed by atoms with Crippen LogP contribution in [0.3, 0.4) is 0 Å². The minimum absolute atomic E-state index is 0.307. The summed E-state index contributed by atoms with van der Waals surface area (Å²) in [5.41, 5.74) is 4.02. The van der Waals surface area contributed by atoms with Crippen LogP contribution in [0.25, 0.3) is 16.7 Å². The van der Waals surface area contributed by atoms with Gasteiger partial charge in [0.15, 0.2) is 5.82 Å². The van der Waals surface area contributed by atoms with Gasteiger partial charge >= 0.3 is 0 Å². The van der Waals surface area contributed by atoms with E-state index >= 15 is 0 Å². The highest BCUT2D eigenvalue weighted by molar-refractivity contribution is 6.02. The molecule has 2 N–H and O–H groups in total. The Kier molecular flexibility index (Phi) is 8.22. The van der Waals surface area contributed by atoms with Crippen molar-refractivity contribution in [1.29, 1.82) is 0 Å². The van der Waals surface area contributed by atoms with Gasteiger partial charge in [-0.3, -0.25) is 4.79 Å². The number of carbonyl (C=O) groups excluding carboxylic acids is 1. The summed E-state index contributed by atoms with van der Waals surface area (Å²) in [6, 6.07) is 13.6. The summed E-state index contributed by atoms with van der Waals surface area (Å²) >= 11 is 0. The molecular formula is C28H34N8O2.